The average Bonchev–Trinajstić information content (AvgIpc) is 3.16. The molecule has 3 heterocycles. The van der Waals surface area contributed by atoms with Crippen molar-refractivity contribution in [2.75, 3.05) is 6.54 Å². The number of thiazole rings is 1. The van der Waals surface area contributed by atoms with Crippen LogP contribution in [0.15, 0.2) is 23.8 Å². The predicted octanol–water partition coefficient (Wildman–Crippen LogP) is 2.10. The van der Waals surface area contributed by atoms with Crippen molar-refractivity contribution in [1.82, 2.24) is 29.8 Å². The molecule has 0 fully saturated rings. The number of carbonyl (C=O) groups excluding carboxylic acids is 1. The molecule has 2 N–H and O–H groups in total. The zero-order valence-corrected chi connectivity index (χ0v) is 14.1. The van der Waals surface area contributed by atoms with Crippen LogP contribution >= 0.6 is 11.3 Å². The summed E-state index contributed by atoms with van der Waals surface area (Å²) in [7, 11) is 0. The van der Waals surface area contributed by atoms with Crippen molar-refractivity contribution in [3.05, 3.63) is 40.9 Å². The molecular weight excluding hydrogens is 312 g/mol. The molecule has 7 nitrogen and oxygen atoms in total. The highest BCUT2D eigenvalue weighted by molar-refractivity contribution is 7.15. The van der Waals surface area contributed by atoms with E-state index in [0.29, 0.717) is 13.1 Å². The van der Waals surface area contributed by atoms with Gasteiger partial charge in [-0.1, -0.05) is 0 Å². The third kappa shape index (κ3) is 3.89. The lowest BCUT2D eigenvalue weighted by Gasteiger charge is -2.07. The Morgan fingerprint density at radius 3 is 2.96 bits per heavy atom. The Morgan fingerprint density at radius 1 is 1.35 bits per heavy atom. The highest BCUT2D eigenvalue weighted by atomic mass is 32.1. The maximum atomic E-state index is 11.8. The topological polar surface area (TPSA) is 76.2 Å². The number of fused-ring (bicyclic) bond motifs is 1. The van der Waals surface area contributed by atoms with Crippen LogP contribution in [0.5, 0.6) is 0 Å². The van der Waals surface area contributed by atoms with Crippen LogP contribution in [-0.4, -0.2) is 31.7 Å². The normalized spacial score (nSPS) is 11.0. The van der Waals surface area contributed by atoms with E-state index in [1.165, 1.54) is 0 Å². The molecule has 0 spiro atoms. The van der Waals surface area contributed by atoms with Gasteiger partial charge >= 0.3 is 6.03 Å². The van der Waals surface area contributed by atoms with Gasteiger partial charge in [0.05, 0.1) is 17.9 Å². The van der Waals surface area contributed by atoms with E-state index < -0.39 is 0 Å². The summed E-state index contributed by atoms with van der Waals surface area (Å²) < 4.78 is 3.92. The second kappa shape index (κ2) is 6.82. The summed E-state index contributed by atoms with van der Waals surface area (Å²) >= 11 is 1.58. The summed E-state index contributed by atoms with van der Waals surface area (Å²) in [5, 5.41) is 12.1. The van der Waals surface area contributed by atoms with Gasteiger partial charge in [-0.05, 0) is 26.3 Å². The lowest BCUT2D eigenvalue weighted by molar-refractivity contribution is 0.240. The number of carbonyl (C=O) groups is 1. The first-order valence-electron chi connectivity index (χ1n) is 7.55. The number of rotatable bonds is 6. The number of aromatic nitrogens is 4. The van der Waals surface area contributed by atoms with Gasteiger partial charge in [0.1, 0.15) is 0 Å². The van der Waals surface area contributed by atoms with Gasteiger partial charge in [-0.15, -0.1) is 11.3 Å². The number of imidazole rings is 1. The zero-order valence-electron chi connectivity index (χ0n) is 13.2. The fraction of sp³-hybridized carbons (Fsp3) is 0.400. The third-order valence-electron chi connectivity index (χ3n) is 3.51. The van der Waals surface area contributed by atoms with Gasteiger partial charge in [0, 0.05) is 36.6 Å². The molecule has 0 saturated heterocycles. The van der Waals surface area contributed by atoms with Crippen LogP contribution in [0.3, 0.4) is 0 Å². The van der Waals surface area contributed by atoms with Gasteiger partial charge in [-0.3, -0.25) is 9.08 Å². The molecule has 0 aromatic carbocycles. The number of hydrogen-bond donors (Lipinski definition) is 2. The van der Waals surface area contributed by atoms with Gasteiger partial charge in [-0.2, -0.15) is 5.10 Å². The number of nitrogens with one attached hydrogen (secondary N) is 2. The summed E-state index contributed by atoms with van der Waals surface area (Å²) in [5.74, 6) is 0. The summed E-state index contributed by atoms with van der Waals surface area (Å²) in [5.41, 5.74) is 3.02. The highest BCUT2D eigenvalue weighted by Crippen LogP contribution is 2.10. The molecule has 0 bridgehead atoms. The first-order chi connectivity index (χ1) is 11.1. The molecule has 0 aliphatic carbocycles. The van der Waals surface area contributed by atoms with E-state index in [9.17, 15) is 4.79 Å². The highest BCUT2D eigenvalue weighted by Gasteiger charge is 2.05. The molecule has 0 atom stereocenters. The van der Waals surface area contributed by atoms with E-state index in [0.717, 1.165) is 35.0 Å². The molecule has 3 aromatic rings. The van der Waals surface area contributed by atoms with Gasteiger partial charge in [0.2, 0.25) is 0 Å². The van der Waals surface area contributed by atoms with Crippen LogP contribution in [0.2, 0.25) is 0 Å². The largest absolute Gasteiger partial charge is 0.338 e. The quantitative estimate of drug-likeness (QED) is 0.679. The van der Waals surface area contributed by atoms with E-state index >= 15 is 0 Å². The smallest absolute Gasteiger partial charge is 0.315 e. The van der Waals surface area contributed by atoms with Crippen LogP contribution in [0.1, 0.15) is 23.5 Å². The summed E-state index contributed by atoms with van der Waals surface area (Å²) in [4.78, 5) is 17.1. The van der Waals surface area contributed by atoms with Crippen molar-refractivity contribution in [3.8, 4) is 0 Å². The van der Waals surface area contributed by atoms with Gasteiger partial charge in [0.25, 0.3) is 0 Å². The minimum absolute atomic E-state index is 0.172. The summed E-state index contributed by atoms with van der Waals surface area (Å²) in [6.45, 7) is 5.86. The molecule has 23 heavy (non-hydrogen) atoms. The minimum Gasteiger partial charge on any atom is -0.338 e. The molecule has 3 rings (SSSR count). The molecule has 0 saturated carbocycles. The van der Waals surface area contributed by atoms with Gasteiger partial charge in [0.15, 0.2) is 4.96 Å². The minimum atomic E-state index is -0.172. The van der Waals surface area contributed by atoms with Gasteiger partial charge in [-0.25, -0.2) is 9.78 Å². The predicted molar refractivity (Wildman–Crippen MR) is 89.6 cm³/mol. The van der Waals surface area contributed by atoms with E-state index in [1.54, 1.807) is 11.3 Å². The SMILES string of the molecule is Cc1cc(C)n(CCCNC(=O)NCc2cn3ccsc3n2)n1. The molecule has 2 amide bonds. The van der Waals surface area contributed by atoms with E-state index in [1.807, 2.05) is 40.7 Å². The van der Waals surface area contributed by atoms with Gasteiger partial charge < -0.3 is 10.6 Å². The van der Waals surface area contributed by atoms with Crippen molar-refractivity contribution in [2.45, 2.75) is 33.4 Å². The van der Waals surface area contributed by atoms with Crippen molar-refractivity contribution in [1.29, 1.82) is 0 Å². The number of aryl methyl sites for hydroxylation is 3. The first-order valence-corrected chi connectivity index (χ1v) is 8.43. The molecule has 8 heteroatoms. The number of nitrogens with zero attached hydrogens (tertiary/aromatic N) is 4. The van der Waals surface area contributed by atoms with E-state index in [-0.39, 0.29) is 6.03 Å². The first kappa shape index (κ1) is 15.5. The van der Waals surface area contributed by atoms with E-state index in [2.05, 4.69) is 26.8 Å². The van der Waals surface area contributed by atoms with Crippen LogP contribution in [0.4, 0.5) is 4.79 Å². The molecule has 0 radical (unpaired) electrons. The lowest BCUT2D eigenvalue weighted by atomic mass is 10.4. The maximum Gasteiger partial charge on any atom is 0.315 e. The lowest BCUT2D eigenvalue weighted by Crippen LogP contribution is -2.36. The second-order valence-corrected chi connectivity index (χ2v) is 6.31. The Bertz CT molecular complexity index is 773. The second-order valence-electron chi connectivity index (χ2n) is 5.44. The van der Waals surface area contributed by atoms with Crippen LogP contribution < -0.4 is 10.6 Å². The number of urea groups is 1. The molecule has 0 unspecified atom stereocenters. The Morgan fingerprint density at radius 2 is 2.22 bits per heavy atom. The third-order valence-corrected chi connectivity index (χ3v) is 4.28. The number of amides is 2. The maximum absolute atomic E-state index is 11.8. The van der Waals surface area contributed by atoms with Crippen molar-refractivity contribution >= 4 is 22.3 Å². The molecule has 0 aliphatic heterocycles. The van der Waals surface area contributed by atoms with Crippen LogP contribution in [0, 0.1) is 13.8 Å². The average molecular weight is 332 g/mol. The Hall–Kier alpha value is -2.35. The summed E-state index contributed by atoms with van der Waals surface area (Å²) in [6, 6.07) is 1.88. The van der Waals surface area contributed by atoms with Crippen LogP contribution in [0.25, 0.3) is 4.96 Å². The van der Waals surface area contributed by atoms with Crippen molar-refractivity contribution < 1.29 is 4.79 Å². The Labute approximate surface area is 138 Å². The van der Waals surface area contributed by atoms with E-state index in [4.69, 9.17) is 0 Å². The molecule has 0 aliphatic rings. The Kier molecular flexibility index (Phi) is 4.61. The fourth-order valence-electron chi connectivity index (χ4n) is 2.43. The zero-order chi connectivity index (χ0) is 16.2. The monoisotopic (exact) mass is 332 g/mol. The molecular formula is C15H20N6OS. The fourth-order valence-corrected chi connectivity index (χ4v) is 3.15. The van der Waals surface area contributed by atoms with Crippen molar-refractivity contribution in [3.63, 3.8) is 0 Å². The van der Waals surface area contributed by atoms with Crippen molar-refractivity contribution in [2.24, 2.45) is 0 Å². The molecule has 122 valence electrons. The Balaban J connectivity index is 1.36. The summed E-state index contributed by atoms with van der Waals surface area (Å²) in [6.07, 6.45) is 4.72. The van der Waals surface area contributed by atoms with Crippen LogP contribution in [-0.2, 0) is 13.1 Å². The number of hydrogen-bond acceptors (Lipinski definition) is 4. The standard InChI is InChI=1S/C15H20N6OS/c1-11-8-12(2)21(19-11)5-3-4-16-14(22)17-9-13-10-20-6-7-23-15(20)18-13/h6-8,10H,3-5,9H2,1-2H3,(H2,16,17,22). The molecule has 3 aromatic heterocycles.